The van der Waals surface area contributed by atoms with E-state index in [1.165, 1.54) is 5.56 Å². The third-order valence-electron chi connectivity index (χ3n) is 6.00. The van der Waals surface area contributed by atoms with Crippen LogP contribution in [0.15, 0.2) is 54.6 Å². The summed E-state index contributed by atoms with van der Waals surface area (Å²) >= 11 is 0. The Morgan fingerprint density at radius 1 is 1.03 bits per heavy atom. The lowest BCUT2D eigenvalue weighted by Gasteiger charge is -2.40. The minimum absolute atomic E-state index is 0.00817. The molecular formula is C23H24N4O2. The number of fused-ring (bicyclic) bond motifs is 2. The number of hydrogen-bond acceptors (Lipinski definition) is 4. The third kappa shape index (κ3) is 3.51. The van der Waals surface area contributed by atoms with Crippen LogP contribution in [-0.2, 0) is 13.1 Å². The summed E-state index contributed by atoms with van der Waals surface area (Å²) in [7, 11) is 0. The number of likely N-dealkylation sites (tertiary alicyclic amines) is 1. The molecule has 0 saturated carbocycles. The molecule has 0 radical (unpaired) electrons. The zero-order valence-corrected chi connectivity index (χ0v) is 16.2. The molecular weight excluding hydrogens is 364 g/mol. The van der Waals surface area contributed by atoms with Gasteiger partial charge in [0.15, 0.2) is 0 Å². The predicted octanol–water partition coefficient (Wildman–Crippen LogP) is 3.95. The fraction of sp³-hybridized carbons (Fsp3) is 0.304. The zero-order valence-electron chi connectivity index (χ0n) is 16.2. The predicted molar refractivity (Wildman–Crippen MR) is 113 cm³/mol. The molecule has 2 amide bonds. The van der Waals surface area contributed by atoms with Crippen molar-refractivity contribution in [2.24, 2.45) is 0 Å². The summed E-state index contributed by atoms with van der Waals surface area (Å²) in [6.45, 7) is 3.29. The molecule has 6 nitrogen and oxygen atoms in total. The van der Waals surface area contributed by atoms with Crippen molar-refractivity contribution in [3.05, 3.63) is 65.9 Å². The number of pyridine rings is 1. The van der Waals surface area contributed by atoms with Crippen molar-refractivity contribution in [3.8, 4) is 5.75 Å². The molecule has 2 aliphatic rings. The normalized spacial score (nSPS) is 17.9. The molecule has 29 heavy (non-hydrogen) atoms. The number of nitrogens with one attached hydrogen (secondary N) is 1. The number of nitrogens with zero attached hydrogens (tertiary/aromatic N) is 3. The van der Waals surface area contributed by atoms with E-state index in [0.29, 0.717) is 12.1 Å². The number of para-hydroxylation sites is 2. The van der Waals surface area contributed by atoms with Crippen LogP contribution < -0.4 is 5.32 Å². The minimum atomic E-state index is 0.00817. The molecule has 0 aliphatic carbocycles. The van der Waals surface area contributed by atoms with Gasteiger partial charge in [-0.15, -0.1) is 0 Å². The molecule has 3 heterocycles. The molecule has 2 aliphatic heterocycles. The van der Waals surface area contributed by atoms with Crippen molar-refractivity contribution in [1.82, 2.24) is 14.8 Å². The first kappa shape index (κ1) is 17.9. The fourth-order valence-corrected chi connectivity index (χ4v) is 4.40. The number of hydrogen-bond donors (Lipinski definition) is 2. The van der Waals surface area contributed by atoms with E-state index in [0.717, 1.165) is 49.2 Å². The van der Waals surface area contributed by atoms with Crippen molar-refractivity contribution in [2.75, 3.05) is 18.4 Å². The van der Waals surface area contributed by atoms with Crippen LogP contribution >= 0.6 is 0 Å². The Labute approximate surface area is 169 Å². The maximum absolute atomic E-state index is 12.6. The molecule has 6 heteroatoms. The van der Waals surface area contributed by atoms with Crippen molar-refractivity contribution >= 4 is 22.6 Å². The van der Waals surface area contributed by atoms with Gasteiger partial charge in [-0.05, 0) is 36.6 Å². The Kier molecular flexibility index (Phi) is 4.56. The van der Waals surface area contributed by atoms with E-state index in [9.17, 15) is 9.90 Å². The van der Waals surface area contributed by atoms with Crippen LogP contribution in [0.1, 0.15) is 24.1 Å². The second-order valence-electron chi connectivity index (χ2n) is 7.87. The maximum atomic E-state index is 12.6. The molecule has 1 saturated heterocycles. The second-order valence-corrected chi connectivity index (χ2v) is 7.87. The Balaban J connectivity index is 1.23. The van der Waals surface area contributed by atoms with Crippen LogP contribution in [0.4, 0.5) is 10.5 Å². The summed E-state index contributed by atoms with van der Waals surface area (Å²) in [5.41, 5.74) is 3.72. The van der Waals surface area contributed by atoms with Crippen molar-refractivity contribution < 1.29 is 9.90 Å². The van der Waals surface area contributed by atoms with Gasteiger partial charge < -0.3 is 15.3 Å². The number of carbonyl (C=O) groups excluding carboxylic acids is 1. The van der Waals surface area contributed by atoms with Crippen LogP contribution in [0.2, 0.25) is 0 Å². The zero-order chi connectivity index (χ0) is 19.8. The van der Waals surface area contributed by atoms with E-state index >= 15 is 0 Å². The standard InChI is InChI=1S/C23H24N4O2/c28-21-7-3-5-16-8-9-18(24-22(16)21)15-26-12-10-19(11-13-26)27-14-17-4-1-2-6-20(17)25-23(27)29/h1-9,19,28H,10-15H2,(H,25,29). The lowest BCUT2D eigenvalue weighted by atomic mass is 10.0. The average Bonchev–Trinajstić information content (AvgIpc) is 2.74. The third-order valence-corrected chi connectivity index (χ3v) is 6.00. The number of amides is 2. The molecule has 5 rings (SSSR count). The number of phenols is 1. The summed E-state index contributed by atoms with van der Waals surface area (Å²) in [4.78, 5) is 21.6. The molecule has 2 N–H and O–H groups in total. The van der Waals surface area contributed by atoms with Gasteiger partial charge in [-0.25, -0.2) is 9.78 Å². The van der Waals surface area contributed by atoms with E-state index < -0.39 is 0 Å². The summed E-state index contributed by atoms with van der Waals surface area (Å²) in [6.07, 6.45) is 1.91. The number of aromatic hydroxyl groups is 1. The fourth-order valence-electron chi connectivity index (χ4n) is 4.40. The van der Waals surface area contributed by atoms with Crippen LogP contribution in [-0.4, -0.2) is 45.1 Å². The molecule has 1 aromatic heterocycles. The Morgan fingerprint density at radius 3 is 2.72 bits per heavy atom. The number of benzene rings is 2. The van der Waals surface area contributed by atoms with Gasteiger partial charge in [-0.3, -0.25) is 4.90 Å². The molecule has 0 unspecified atom stereocenters. The number of carbonyl (C=O) groups is 1. The second kappa shape index (κ2) is 7.37. The molecule has 0 atom stereocenters. The van der Waals surface area contributed by atoms with Crippen molar-refractivity contribution in [1.29, 1.82) is 0 Å². The number of anilines is 1. The van der Waals surface area contributed by atoms with Gasteiger partial charge in [0.25, 0.3) is 0 Å². The number of piperidine rings is 1. The number of rotatable bonds is 3. The highest BCUT2D eigenvalue weighted by molar-refractivity contribution is 5.92. The van der Waals surface area contributed by atoms with E-state index in [1.807, 2.05) is 47.4 Å². The van der Waals surface area contributed by atoms with Gasteiger partial charge >= 0.3 is 6.03 Å². The summed E-state index contributed by atoms with van der Waals surface area (Å²) < 4.78 is 0. The first-order valence-electron chi connectivity index (χ1n) is 10.1. The SMILES string of the molecule is O=C1Nc2ccccc2CN1C1CCN(Cc2ccc3cccc(O)c3n2)CC1. The highest BCUT2D eigenvalue weighted by Gasteiger charge is 2.31. The number of aromatic nitrogens is 1. The van der Waals surface area contributed by atoms with Gasteiger partial charge in [0.2, 0.25) is 0 Å². The lowest BCUT2D eigenvalue weighted by Crippen LogP contribution is -2.50. The first-order valence-corrected chi connectivity index (χ1v) is 10.1. The van der Waals surface area contributed by atoms with E-state index in [-0.39, 0.29) is 17.8 Å². The quantitative estimate of drug-likeness (QED) is 0.713. The molecule has 148 valence electrons. The lowest BCUT2D eigenvalue weighted by molar-refractivity contribution is 0.117. The Bertz CT molecular complexity index is 1060. The minimum Gasteiger partial charge on any atom is -0.506 e. The van der Waals surface area contributed by atoms with Gasteiger partial charge in [-0.2, -0.15) is 0 Å². The summed E-state index contributed by atoms with van der Waals surface area (Å²) in [5.74, 6) is 0.222. The van der Waals surface area contributed by atoms with E-state index in [1.54, 1.807) is 6.07 Å². The maximum Gasteiger partial charge on any atom is 0.322 e. The molecule has 0 spiro atoms. The van der Waals surface area contributed by atoms with Gasteiger partial charge in [0, 0.05) is 43.3 Å². The summed E-state index contributed by atoms with van der Waals surface area (Å²) in [5, 5.41) is 14.0. The molecule has 2 aromatic carbocycles. The van der Waals surface area contributed by atoms with Crippen molar-refractivity contribution in [2.45, 2.75) is 32.0 Å². The van der Waals surface area contributed by atoms with Crippen LogP contribution in [0.3, 0.4) is 0 Å². The Morgan fingerprint density at radius 2 is 1.86 bits per heavy atom. The molecule has 0 bridgehead atoms. The highest BCUT2D eigenvalue weighted by atomic mass is 16.3. The van der Waals surface area contributed by atoms with Gasteiger partial charge in [0.05, 0.1) is 5.69 Å². The van der Waals surface area contributed by atoms with E-state index in [2.05, 4.69) is 21.3 Å². The van der Waals surface area contributed by atoms with Gasteiger partial charge in [0.1, 0.15) is 11.3 Å². The van der Waals surface area contributed by atoms with Crippen LogP contribution in [0.5, 0.6) is 5.75 Å². The van der Waals surface area contributed by atoms with Crippen LogP contribution in [0.25, 0.3) is 10.9 Å². The highest BCUT2D eigenvalue weighted by Crippen LogP contribution is 2.28. The molecule has 1 fully saturated rings. The van der Waals surface area contributed by atoms with Crippen molar-refractivity contribution in [3.63, 3.8) is 0 Å². The topological polar surface area (TPSA) is 68.7 Å². The van der Waals surface area contributed by atoms with Gasteiger partial charge in [-0.1, -0.05) is 36.4 Å². The number of urea groups is 1. The summed E-state index contributed by atoms with van der Waals surface area (Å²) in [6, 6.07) is 17.8. The largest absolute Gasteiger partial charge is 0.506 e. The molecule has 3 aromatic rings. The van der Waals surface area contributed by atoms with E-state index in [4.69, 9.17) is 0 Å². The Hall–Kier alpha value is -3.12. The smallest absolute Gasteiger partial charge is 0.322 e. The first-order chi connectivity index (χ1) is 14.2. The number of phenolic OH excluding ortho intramolecular Hbond substituents is 1. The van der Waals surface area contributed by atoms with Crippen LogP contribution in [0, 0.1) is 0 Å². The average molecular weight is 388 g/mol. The monoisotopic (exact) mass is 388 g/mol.